The number of hydrogen-bond acceptors (Lipinski definition) is 6. The molecular weight excluding hydrogens is 388 g/mol. The molecule has 3 rings (SSSR count). The maximum atomic E-state index is 12.9. The molecule has 2 heterocycles. The molecule has 1 fully saturated rings. The van der Waals surface area contributed by atoms with Crippen LogP contribution in [0.2, 0.25) is 0 Å². The summed E-state index contributed by atoms with van der Waals surface area (Å²) in [5, 5.41) is 2.30. The molecular formula is C21H26N4O5. The van der Waals surface area contributed by atoms with Gasteiger partial charge in [0.1, 0.15) is 11.4 Å². The molecule has 0 bridgehead atoms. The van der Waals surface area contributed by atoms with E-state index < -0.39 is 11.9 Å². The zero-order valence-electron chi connectivity index (χ0n) is 17.1. The standard InChI is InChI=1S/C21H24N4O5.H2/c1-13(21(29)30-4)22-19(27)14(2)25-12-17-16(20(25)28)6-5-7-18(17)24-10-8-23(9-11-24)15(3)26;/h5-7H,1-2,8-12H2,3-4H3,(H,22,27);1H. The molecule has 2 aliphatic heterocycles. The lowest BCUT2D eigenvalue weighted by molar-refractivity contribution is -0.137. The van der Waals surface area contributed by atoms with Crippen LogP contribution in [0.5, 0.6) is 0 Å². The predicted molar refractivity (Wildman–Crippen MR) is 111 cm³/mol. The van der Waals surface area contributed by atoms with Crippen molar-refractivity contribution >= 4 is 29.4 Å². The van der Waals surface area contributed by atoms with E-state index in [9.17, 15) is 19.2 Å². The van der Waals surface area contributed by atoms with Gasteiger partial charge in [0.15, 0.2) is 0 Å². The number of carbonyl (C=O) groups is 4. The van der Waals surface area contributed by atoms with Gasteiger partial charge in [0, 0.05) is 51.3 Å². The first-order valence-corrected chi connectivity index (χ1v) is 9.46. The van der Waals surface area contributed by atoms with Gasteiger partial charge in [-0.25, -0.2) is 4.79 Å². The van der Waals surface area contributed by atoms with Gasteiger partial charge in [-0.2, -0.15) is 0 Å². The highest BCUT2D eigenvalue weighted by Crippen LogP contribution is 2.34. The van der Waals surface area contributed by atoms with Gasteiger partial charge in [-0.05, 0) is 12.1 Å². The van der Waals surface area contributed by atoms with E-state index in [2.05, 4.69) is 28.1 Å². The van der Waals surface area contributed by atoms with E-state index in [1.807, 2.05) is 6.07 Å². The molecule has 0 spiro atoms. The fourth-order valence-corrected chi connectivity index (χ4v) is 3.60. The molecule has 1 saturated heterocycles. The molecule has 160 valence electrons. The normalized spacial score (nSPS) is 15.5. The number of carbonyl (C=O) groups excluding carboxylic acids is 4. The van der Waals surface area contributed by atoms with Crippen LogP contribution in [-0.4, -0.2) is 66.8 Å². The first kappa shape index (κ1) is 21.1. The minimum Gasteiger partial charge on any atom is -0.464 e. The Morgan fingerprint density at radius 1 is 1.13 bits per heavy atom. The summed E-state index contributed by atoms with van der Waals surface area (Å²) >= 11 is 0. The molecule has 30 heavy (non-hydrogen) atoms. The van der Waals surface area contributed by atoms with Crippen LogP contribution in [0, 0.1) is 0 Å². The lowest BCUT2D eigenvalue weighted by Crippen LogP contribution is -2.48. The van der Waals surface area contributed by atoms with Gasteiger partial charge in [-0.1, -0.05) is 19.2 Å². The fourth-order valence-electron chi connectivity index (χ4n) is 3.60. The van der Waals surface area contributed by atoms with Crippen molar-refractivity contribution in [2.24, 2.45) is 0 Å². The summed E-state index contributed by atoms with van der Waals surface area (Å²) in [4.78, 5) is 53.5. The van der Waals surface area contributed by atoms with E-state index >= 15 is 0 Å². The lowest BCUT2D eigenvalue weighted by Gasteiger charge is -2.36. The number of ether oxygens (including phenoxy) is 1. The van der Waals surface area contributed by atoms with Gasteiger partial charge in [0.05, 0.1) is 13.7 Å². The van der Waals surface area contributed by atoms with Gasteiger partial charge in [-0.3, -0.25) is 19.3 Å². The summed E-state index contributed by atoms with van der Waals surface area (Å²) in [7, 11) is 1.17. The Morgan fingerprint density at radius 3 is 2.40 bits per heavy atom. The quantitative estimate of drug-likeness (QED) is 0.567. The average Bonchev–Trinajstić information content (AvgIpc) is 3.09. The van der Waals surface area contributed by atoms with E-state index in [0.717, 1.165) is 11.3 Å². The second kappa shape index (κ2) is 8.40. The number of benzene rings is 1. The summed E-state index contributed by atoms with van der Waals surface area (Å²) in [6.07, 6.45) is 0. The number of anilines is 1. The molecule has 3 amide bonds. The van der Waals surface area contributed by atoms with Crippen molar-refractivity contribution in [3.8, 4) is 0 Å². The van der Waals surface area contributed by atoms with Crippen molar-refractivity contribution < 1.29 is 25.3 Å². The van der Waals surface area contributed by atoms with Crippen molar-refractivity contribution in [3.05, 3.63) is 53.9 Å². The van der Waals surface area contributed by atoms with Crippen LogP contribution in [0.15, 0.2) is 42.8 Å². The van der Waals surface area contributed by atoms with Crippen LogP contribution >= 0.6 is 0 Å². The third-order valence-electron chi connectivity index (χ3n) is 5.29. The van der Waals surface area contributed by atoms with Crippen molar-refractivity contribution in [3.63, 3.8) is 0 Å². The molecule has 0 atom stereocenters. The number of nitrogens with zero attached hydrogens (tertiary/aromatic N) is 3. The van der Waals surface area contributed by atoms with E-state index in [-0.39, 0.29) is 31.2 Å². The SMILES string of the molecule is C=C(NC(=O)C(=C)N1Cc2c(cccc2N2CCN(C(C)=O)CC2)C1=O)C(=O)OC.[HH]. The first-order chi connectivity index (χ1) is 14.2. The van der Waals surface area contributed by atoms with Gasteiger partial charge in [-0.15, -0.1) is 0 Å². The number of fused-ring (bicyclic) bond motifs is 1. The fraction of sp³-hybridized carbons (Fsp3) is 0.333. The highest BCUT2D eigenvalue weighted by molar-refractivity contribution is 6.07. The smallest absolute Gasteiger partial charge is 0.353 e. The molecule has 0 unspecified atom stereocenters. The van der Waals surface area contributed by atoms with Crippen LogP contribution in [0.1, 0.15) is 24.3 Å². The molecule has 0 saturated carbocycles. The Morgan fingerprint density at radius 2 is 1.80 bits per heavy atom. The second-order valence-corrected chi connectivity index (χ2v) is 7.06. The van der Waals surface area contributed by atoms with Crippen molar-refractivity contribution in [2.75, 3.05) is 38.2 Å². The molecule has 1 aromatic rings. The largest absolute Gasteiger partial charge is 0.464 e. The van der Waals surface area contributed by atoms with Gasteiger partial charge in [0.2, 0.25) is 5.91 Å². The Bertz CT molecular complexity index is 953. The van der Waals surface area contributed by atoms with Gasteiger partial charge >= 0.3 is 5.97 Å². The summed E-state index contributed by atoms with van der Waals surface area (Å²) in [5.41, 5.74) is 1.88. The number of amides is 3. The molecule has 0 aromatic heterocycles. The summed E-state index contributed by atoms with van der Waals surface area (Å²) in [6.45, 7) is 11.4. The van der Waals surface area contributed by atoms with E-state index in [1.54, 1.807) is 24.0 Å². The van der Waals surface area contributed by atoms with E-state index in [0.29, 0.717) is 31.7 Å². The van der Waals surface area contributed by atoms with E-state index in [4.69, 9.17) is 0 Å². The molecule has 1 N–H and O–H groups in total. The number of methoxy groups -OCH3 is 1. The molecule has 9 nitrogen and oxygen atoms in total. The molecule has 2 aliphatic rings. The van der Waals surface area contributed by atoms with Crippen LogP contribution in [-0.2, 0) is 25.7 Å². The van der Waals surface area contributed by atoms with Crippen molar-refractivity contribution in [2.45, 2.75) is 13.5 Å². The Hall–Kier alpha value is -3.62. The number of nitrogens with one attached hydrogen (secondary N) is 1. The topological polar surface area (TPSA) is 99.3 Å². The summed E-state index contributed by atoms with van der Waals surface area (Å²) in [5.74, 6) is -1.77. The highest BCUT2D eigenvalue weighted by Gasteiger charge is 2.35. The minimum atomic E-state index is -0.779. The molecule has 9 heteroatoms. The van der Waals surface area contributed by atoms with Gasteiger partial charge in [0.25, 0.3) is 11.8 Å². The van der Waals surface area contributed by atoms with Gasteiger partial charge < -0.3 is 19.9 Å². The summed E-state index contributed by atoms with van der Waals surface area (Å²) < 4.78 is 4.50. The molecule has 0 radical (unpaired) electrons. The maximum absolute atomic E-state index is 12.9. The minimum absolute atomic E-state index is 0. The maximum Gasteiger partial charge on any atom is 0.353 e. The van der Waals surface area contributed by atoms with Crippen LogP contribution in [0.4, 0.5) is 5.69 Å². The number of rotatable bonds is 5. The van der Waals surface area contributed by atoms with Crippen LogP contribution in [0.25, 0.3) is 0 Å². The zero-order chi connectivity index (χ0) is 22.0. The first-order valence-electron chi connectivity index (χ1n) is 9.46. The zero-order valence-corrected chi connectivity index (χ0v) is 17.1. The van der Waals surface area contributed by atoms with Crippen LogP contribution < -0.4 is 10.2 Å². The second-order valence-electron chi connectivity index (χ2n) is 7.06. The van der Waals surface area contributed by atoms with E-state index in [1.165, 1.54) is 12.0 Å². The third-order valence-corrected chi connectivity index (χ3v) is 5.29. The highest BCUT2D eigenvalue weighted by atomic mass is 16.5. The number of piperazine rings is 1. The Balaban J connectivity index is 0.00000341. The Labute approximate surface area is 176 Å². The number of esters is 1. The Kier molecular flexibility index (Phi) is 5.91. The predicted octanol–water partition coefficient (Wildman–Crippen LogP) is 0.874. The van der Waals surface area contributed by atoms with Crippen molar-refractivity contribution in [1.82, 2.24) is 15.1 Å². The third kappa shape index (κ3) is 3.91. The molecule has 0 aliphatic carbocycles. The van der Waals surface area contributed by atoms with Crippen molar-refractivity contribution in [1.29, 1.82) is 0 Å². The van der Waals surface area contributed by atoms with Crippen LogP contribution in [0.3, 0.4) is 0 Å². The molecule has 1 aromatic carbocycles. The summed E-state index contributed by atoms with van der Waals surface area (Å²) in [6, 6.07) is 5.45. The monoisotopic (exact) mass is 414 g/mol. The number of hydrogen-bond donors (Lipinski definition) is 1. The average molecular weight is 414 g/mol. The lowest BCUT2D eigenvalue weighted by atomic mass is 10.1.